The maximum absolute atomic E-state index is 14.1. The average molecular weight is 526 g/mol. The second kappa shape index (κ2) is 9.80. The van der Waals surface area contributed by atoms with Gasteiger partial charge in [0.05, 0.1) is 16.8 Å². The molecule has 1 saturated heterocycles. The monoisotopic (exact) mass is 525 g/mol. The zero-order chi connectivity index (χ0) is 26.3. The number of hydrogen-bond acceptors (Lipinski definition) is 5. The average Bonchev–Trinajstić information content (AvgIpc) is 3.48. The van der Waals surface area contributed by atoms with Gasteiger partial charge in [-0.05, 0) is 54.6 Å². The summed E-state index contributed by atoms with van der Waals surface area (Å²) >= 11 is 1.37. The van der Waals surface area contributed by atoms with Crippen LogP contribution in [-0.2, 0) is 12.7 Å². The van der Waals surface area contributed by atoms with Gasteiger partial charge in [-0.25, -0.2) is 9.78 Å². The van der Waals surface area contributed by atoms with Gasteiger partial charge in [0.25, 0.3) is 0 Å². The van der Waals surface area contributed by atoms with Gasteiger partial charge in [-0.1, -0.05) is 26.0 Å². The number of aromatic nitrogens is 3. The van der Waals surface area contributed by atoms with E-state index in [1.807, 2.05) is 19.1 Å². The van der Waals surface area contributed by atoms with E-state index in [0.717, 1.165) is 40.9 Å². The number of likely N-dealkylation sites (tertiary alicyclic amines) is 1. The maximum Gasteiger partial charge on any atom is 0.418 e. The molecule has 5 rings (SSSR count). The Morgan fingerprint density at radius 1 is 1.27 bits per heavy atom. The van der Waals surface area contributed by atoms with Gasteiger partial charge in [-0.2, -0.15) is 18.4 Å². The maximum atomic E-state index is 14.1. The number of pyridine rings is 1. The highest BCUT2D eigenvalue weighted by Crippen LogP contribution is 2.34. The van der Waals surface area contributed by atoms with Gasteiger partial charge in [0, 0.05) is 36.8 Å². The SMILES string of the molecule is C[C@H]1CCCN(Cc2cc(C(F)(F)F)c3cn(-c4cccc([C@H](C)c5nc(C#N)cs5)c4)c(=O)n3c2)C1. The van der Waals surface area contributed by atoms with E-state index in [1.165, 1.54) is 34.4 Å². The number of nitriles is 1. The molecule has 1 aromatic carbocycles. The van der Waals surface area contributed by atoms with Crippen molar-refractivity contribution in [2.75, 3.05) is 13.1 Å². The van der Waals surface area contributed by atoms with E-state index < -0.39 is 17.4 Å². The zero-order valence-electron chi connectivity index (χ0n) is 20.5. The molecule has 1 fully saturated rings. The van der Waals surface area contributed by atoms with Crippen LogP contribution in [0.4, 0.5) is 13.2 Å². The number of fused-ring (bicyclic) bond motifs is 1. The summed E-state index contributed by atoms with van der Waals surface area (Å²) in [6.07, 6.45) is 0.326. The summed E-state index contributed by atoms with van der Waals surface area (Å²) in [4.78, 5) is 19.9. The molecule has 0 N–H and O–H groups in total. The minimum Gasteiger partial charge on any atom is -0.299 e. The van der Waals surface area contributed by atoms with Crippen LogP contribution in [-0.4, -0.2) is 31.9 Å². The third-order valence-corrected chi connectivity index (χ3v) is 7.96. The summed E-state index contributed by atoms with van der Waals surface area (Å²) in [5.41, 5.74) is 0.567. The first-order valence-corrected chi connectivity index (χ1v) is 13.0. The molecule has 0 spiro atoms. The van der Waals surface area contributed by atoms with Crippen LogP contribution in [0.25, 0.3) is 11.2 Å². The van der Waals surface area contributed by atoms with E-state index in [-0.39, 0.29) is 11.4 Å². The zero-order valence-corrected chi connectivity index (χ0v) is 21.3. The lowest BCUT2D eigenvalue weighted by atomic mass is 10.00. The van der Waals surface area contributed by atoms with Crippen molar-refractivity contribution in [3.63, 3.8) is 0 Å². The van der Waals surface area contributed by atoms with Crippen molar-refractivity contribution in [1.29, 1.82) is 5.26 Å². The normalized spacial score (nSPS) is 17.7. The summed E-state index contributed by atoms with van der Waals surface area (Å²) < 4.78 is 44.7. The Morgan fingerprint density at radius 2 is 2.08 bits per heavy atom. The lowest BCUT2D eigenvalue weighted by Gasteiger charge is -2.31. The van der Waals surface area contributed by atoms with Crippen LogP contribution in [0, 0.1) is 17.2 Å². The van der Waals surface area contributed by atoms with Gasteiger partial charge in [0.1, 0.15) is 11.1 Å². The van der Waals surface area contributed by atoms with Gasteiger partial charge in [0.2, 0.25) is 0 Å². The number of rotatable bonds is 5. The third-order valence-electron chi connectivity index (χ3n) is 6.93. The van der Waals surface area contributed by atoms with Gasteiger partial charge in [0.15, 0.2) is 5.69 Å². The van der Waals surface area contributed by atoms with Gasteiger partial charge >= 0.3 is 11.9 Å². The summed E-state index contributed by atoms with van der Waals surface area (Å²) in [6.45, 7) is 6.11. The number of halogens is 3. The van der Waals surface area contributed by atoms with Crippen molar-refractivity contribution >= 4 is 16.9 Å². The number of imidazole rings is 1. The Morgan fingerprint density at radius 3 is 2.78 bits per heavy atom. The molecule has 0 bridgehead atoms. The Bertz CT molecular complexity index is 1540. The van der Waals surface area contributed by atoms with E-state index in [4.69, 9.17) is 5.26 Å². The first-order chi connectivity index (χ1) is 17.6. The molecule has 0 unspecified atom stereocenters. The highest BCUT2D eigenvalue weighted by Gasteiger charge is 2.35. The predicted octanol–water partition coefficient (Wildman–Crippen LogP) is 5.82. The van der Waals surface area contributed by atoms with Crippen molar-refractivity contribution in [2.24, 2.45) is 5.92 Å². The number of thiazole rings is 1. The molecule has 3 aromatic heterocycles. The van der Waals surface area contributed by atoms with Crippen molar-refractivity contribution in [3.05, 3.63) is 86.0 Å². The minimum atomic E-state index is -4.60. The predicted molar refractivity (Wildman–Crippen MR) is 136 cm³/mol. The number of alkyl halides is 3. The molecule has 4 aromatic rings. The quantitative estimate of drug-likeness (QED) is 0.329. The fourth-order valence-corrected chi connectivity index (χ4v) is 5.89. The molecular weight excluding hydrogens is 499 g/mol. The smallest absolute Gasteiger partial charge is 0.299 e. The van der Waals surface area contributed by atoms with Crippen LogP contribution in [0.5, 0.6) is 0 Å². The number of nitrogens with zero attached hydrogens (tertiary/aromatic N) is 5. The standard InChI is InChI=1S/C27H26F3N5OS/c1-17-5-4-8-33(12-17)13-19-9-23(27(28,29)30)24-15-34(26(36)35(24)14-19)22-7-3-6-20(10-22)18(2)25-32-21(11-31)16-37-25/h3,6-7,9-10,14-18H,4-5,8,12-13H2,1-2H3/t17-,18-/m0/s1. The highest BCUT2D eigenvalue weighted by molar-refractivity contribution is 7.09. The Balaban J connectivity index is 1.56. The fraction of sp³-hybridized carbons (Fsp3) is 0.370. The van der Waals surface area contributed by atoms with Crippen molar-refractivity contribution in [1.82, 2.24) is 18.9 Å². The van der Waals surface area contributed by atoms with Crippen LogP contribution in [0.3, 0.4) is 0 Å². The van der Waals surface area contributed by atoms with Crippen molar-refractivity contribution in [3.8, 4) is 11.8 Å². The largest absolute Gasteiger partial charge is 0.418 e. The highest BCUT2D eigenvalue weighted by atomic mass is 32.1. The lowest BCUT2D eigenvalue weighted by molar-refractivity contribution is -0.136. The molecule has 0 saturated carbocycles. The summed E-state index contributed by atoms with van der Waals surface area (Å²) in [5.74, 6) is 0.345. The summed E-state index contributed by atoms with van der Waals surface area (Å²) in [7, 11) is 0. The molecule has 1 aliphatic heterocycles. The van der Waals surface area contributed by atoms with E-state index in [2.05, 4.69) is 16.8 Å². The van der Waals surface area contributed by atoms with Crippen LogP contribution in [0.15, 0.2) is 52.9 Å². The third kappa shape index (κ3) is 5.06. The molecular formula is C27H26F3N5OS. The molecule has 0 aliphatic carbocycles. The van der Waals surface area contributed by atoms with E-state index in [9.17, 15) is 18.0 Å². The van der Waals surface area contributed by atoms with Crippen LogP contribution in [0.1, 0.15) is 60.0 Å². The summed E-state index contributed by atoms with van der Waals surface area (Å²) in [6, 6.07) is 10.3. The first-order valence-electron chi connectivity index (χ1n) is 12.2. The van der Waals surface area contributed by atoms with E-state index in [1.54, 1.807) is 23.6 Å². The molecule has 2 atom stereocenters. The van der Waals surface area contributed by atoms with Gasteiger partial charge in [-0.15, -0.1) is 11.3 Å². The Hall–Kier alpha value is -3.42. The van der Waals surface area contributed by atoms with Gasteiger partial charge in [-0.3, -0.25) is 13.9 Å². The molecule has 10 heteroatoms. The minimum absolute atomic E-state index is 0.149. The van der Waals surface area contributed by atoms with Crippen molar-refractivity contribution in [2.45, 2.75) is 45.3 Å². The first kappa shape index (κ1) is 25.2. The molecule has 4 heterocycles. The fourth-order valence-electron chi connectivity index (χ4n) is 5.06. The van der Waals surface area contributed by atoms with Crippen molar-refractivity contribution < 1.29 is 13.2 Å². The second-order valence-electron chi connectivity index (χ2n) is 9.78. The second-order valence-corrected chi connectivity index (χ2v) is 10.7. The summed E-state index contributed by atoms with van der Waals surface area (Å²) in [5, 5.41) is 11.5. The van der Waals surface area contributed by atoms with E-state index in [0.29, 0.717) is 29.4 Å². The Kier molecular flexibility index (Phi) is 6.68. The molecule has 1 aliphatic rings. The van der Waals surface area contributed by atoms with Gasteiger partial charge < -0.3 is 0 Å². The molecule has 0 radical (unpaired) electrons. The number of piperidine rings is 1. The van der Waals surface area contributed by atoms with Crippen LogP contribution >= 0.6 is 11.3 Å². The van der Waals surface area contributed by atoms with Crippen LogP contribution < -0.4 is 5.69 Å². The molecule has 192 valence electrons. The van der Waals surface area contributed by atoms with Crippen LogP contribution in [0.2, 0.25) is 0 Å². The Labute approximate surface area is 216 Å². The van der Waals surface area contributed by atoms with E-state index >= 15 is 0 Å². The number of hydrogen-bond donors (Lipinski definition) is 0. The molecule has 0 amide bonds. The topological polar surface area (TPSA) is 66.3 Å². The number of benzene rings is 1. The molecule has 37 heavy (non-hydrogen) atoms. The molecule has 6 nitrogen and oxygen atoms in total. The lowest BCUT2D eigenvalue weighted by Crippen LogP contribution is -2.34.